The molecule has 0 aliphatic heterocycles. The van der Waals surface area contributed by atoms with Gasteiger partial charge in [0.05, 0.1) is 29.8 Å². The number of hydrogen-bond acceptors (Lipinski definition) is 5. The Balaban J connectivity index is 2.32. The number of anilines is 3. The molecule has 1 atom stereocenters. The van der Waals surface area contributed by atoms with Crippen LogP contribution in [0.5, 0.6) is 0 Å². The largest absolute Gasteiger partial charge is 0.394 e. The lowest BCUT2D eigenvalue weighted by molar-refractivity contribution is 0.0895. The Kier molecular flexibility index (Phi) is 8.34. The van der Waals surface area contributed by atoms with Gasteiger partial charge in [-0.3, -0.25) is 4.72 Å². The van der Waals surface area contributed by atoms with Crippen LogP contribution in [0.1, 0.15) is 18.9 Å². The second-order valence-electron chi connectivity index (χ2n) is 6.22. The van der Waals surface area contributed by atoms with E-state index in [-0.39, 0.29) is 30.0 Å². The molecule has 0 saturated heterocycles. The summed E-state index contributed by atoms with van der Waals surface area (Å²) in [4.78, 5) is 0. The number of benzene rings is 2. The molecule has 7 nitrogen and oxygen atoms in total. The van der Waals surface area contributed by atoms with Crippen molar-refractivity contribution in [1.82, 2.24) is 4.72 Å². The van der Waals surface area contributed by atoms with Gasteiger partial charge in [0.15, 0.2) is 0 Å². The summed E-state index contributed by atoms with van der Waals surface area (Å²) in [5, 5.41) is 20.8. The van der Waals surface area contributed by atoms with Crippen molar-refractivity contribution in [3.05, 3.63) is 52.0 Å². The van der Waals surface area contributed by atoms with Crippen LogP contribution in [0.4, 0.5) is 25.8 Å². The quantitative estimate of drug-likeness (QED) is 0.349. The smallest absolute Gasteiger partial charge is 0.299 e. The third-order valence-electron chi connectivity index (χ3n) is 3.98. The molecule has 0 saturated carbocycles. The molecule has 0 heterocycles. The lowest BCUT2D eigenvalue weighted by atomic mass is 10.1. The van der Waals surface area contributed by atoms with Crippen molar-refractivity contribution < 1.29 is 27.4 Å². The van der Waals surface area contributed by atoms with Gasteiger partial charge in [-0.15, -0.1) is 0 Å². The van der Waals surface area contributed by atoms with Gasteiger partial charge in [-0.25, -0.2) is 8.78 Å². The molecular weight excluding hydrogens is 472 g/mol. The molecule has 0 radical (unpaired) electrons. The van der Waals surface area contributed by atoms with E-state index in [1.165, 1.54) is 18.2 Å². The summed E-state index contributed by atoms with van der Waals surface area (Å²) in [6, 6.07) is 6.50. The summed E-state index contributed by atoms with van der Waals surface area (Å²) >= 11 is 3.15. The summed E-state index contributed by atoms with van der Waals surface area (Å²) in [6.45, 7) is 1.12. The SMILES string of the molecule is CCc1cc(F)cc(Nc2ccc(Br)cc2F)c1NS(=O)(=O)NCCC(O)CO. The fraction of sp³-hybridized carbons (Fsp3) is 0.333. The third-order valence-corrected chi connectivity index (χ3v) is 5.53. The molecule has 29 heavy (non-hydrogen) atoms. The van der Waals surface area contributed by atoms with E-state index >= 15 is 0 Å². The molecule has 0 aliphatic carbocycles. The Hall–Kier alpha value is -1.79. The average Bonchev–Trinajstić information content (AvgIpc) is 2.65. The molecule has 160 valence electrons. The van der Waals surface area contributed by atoms with Crippen molar-refractivity contribution in [2.24, 2.45) is 0 Å². The molecule has 2 aromatic rings. The lowest BCUT2D eigenvalue weighted by Crippen LogP contribution is -2.33. The second kappa shape index (κ2) is 10.3. The fourth-order valence-electron chi connectivity index (χ4n) is 2.52. The predicted octanol–water partition coefficient (Wildman–Crippen LogP) is 3.02. The number of nitrogens with one attached hydrogen (secondary N) is 3. The molecule has 0 amide bonds. The maximum Gasteiger partial charge on any atom is 0.299 e. The first kappa shape index (κ1) is 23.5. The van der Waals surface area contributed by atoms with Crippen molar-refractivity contribution in [3.63, 3.8) is 0 Å². The van der Waals surface area contributed by atoms with Gasteiger partial charge >= 0.3 is 0 Å². The minimum Gasteiger partial charge on any atom is -0.394 e. The van der Waals surface area contributed by atoms with Crippen molar-refractivity contribution in [2.45, 2.75) is 25.9 Å². The van der Waals surface area contributed by atoms with E-state index in [1.807, 2.05) is 0 Å². The van der Waals surface area contributed by atoms with Crippen molar-refractivity contribution in [3.8, 4) is 0 Å². The molecule has 0 bridgehead atoms. The summed E-state index contributed by atoms with van der Waals surface area (Å²) < 4.78 is 58.1. The molecule has 1 unspecified atom stereocenters. The molecule has 0 fully saturated rings. The van der Waals surface area contributed by atoms with E-state index in [4.69, 9.17) is 5.11 Å². The maximum atomic E-state index is 14.2. The zero-order valence-corrected chi connectivity index (χ0v) is 17.9. The Labute approximate surface area is 176 Å². The van der Waals surface area contributed by atoms with Crippen LogP contribution in [0.15, 0.2) is 34.8 Å². The zero-order valence-electron chi connectivity index (χ0n) is 15.5. The summed E-state index contributed by atoms with van der Waals surface area (Å²) in [7, 11) is -4.07. The van der Waals surface area contributed by atoms with Crippen molar-refractivity contribution in [2.75, 3.05) is 23.2 Å². The van der Waals surface area contributed by atoms with E-state index in [0.29, 0.717) is 16.5 Å². The maximum absolute atomic E-state index is 14.2. The Morgan fingerprint density at radius 3 is 2.52 bits per heavy atom. The van der Waals surface area contributed by atoms with Gasteiger partial charge in [-0.05, 0) is 48.7 Å². The molecule has 5 N–H and O–H groups in total. The van der Waals surface area contributed by atoms with Gasteiger partial charge in [0, 0.05) is 11.0 Å². The number of rotatable bonds is 10. The Bertz CT molecular complexity index is 960. The summed E-state index contributed by atoms with van der Waals surface area (Å²) in [5.41, 5.74) is 0.529. The summed E-state index contributed by atoms with van der Waals surface area (Å²) in [5.74, 6) is -1.21. The number of aliphatic hydroxyl groups excluding tert-OH is 2. The van der Waals surface area contributed by atoms with Crippen LogP contribution >= 0.6 is 15.9 Å². The van der Waals surface area contributed by atoms with Gasteiger partial charge in [-0.2, -0.15) is 13.1 Å². The van der Waals surface area contributed by atoms with Crippen LogP contribution in [-0.2, 0) is 16.6 Å². The van der Waals surface area contributed by atoms with Gasteiger partial charge in [0.1, 0.15) is 11.6 Å². The van der Waals surface area contributed by atoms with E-state index < -0.39 is 34.6 Å². The highest BCUT2D eigenvalue weighted by atomic mass is 79.9. The van der Waals surface area contributed by atoms with Gasteiger partial charge in [0.2, 0.25) is 0 Å². The van der Waals surface area contributed by atoms with Crippen LogP contribution in [0, 0.1) is 11.6 Å². The Morgan fingerprint density at radius 2 is 1.90 bits per heavy atom. The average molecular weight is 494 g/mol. The number of aryl methyl sites for hydroxylation is 1. The van der Waals surface area contributed by atoms with E-state index in [0.717, 1.165) is 6.07 Å². The van der Waals surface area contributed by atoms with Crippen LogP contribution < -0.4 is 14.8 Å². The monoisotopic (exact) mass is 493 g/mol. The van der Waals surface area contributed by atoms with Gasteiger partial charge in [-0.1, -0.05) is 22.9 Å². The van der Waals surface area contributed by atoms with E-state index in [1.54, 1.807) is 13.0 Å². The predicted molar refractivity (Wildman–Crippen MR) is 111 cm³/mol. The first-order valence-electron chi connectivity index (χ1n) is 8.76. The first-order valence-corrected chi connectivity index (χ1v) is 11.0. The first-order chi connectivity index (χ1) is 13.6. The highest BCUT2D eigenvalue weighted by Crippen LogP contribution is 2.33. The van der Waals surface area contributed by atoms with Crippen LogP contribution in [0.2, 0.25) is 0 Å². The second-order valence-corrected chi connectivity index (χ2v) is 8.63. The normalized spacial score (nSPS) is 12.6. The van der Waals surface area contributed by atoms with Crippen molar-refractivity contribution in [1.29, 1.82) is 0 Å². The van der Waals surface area contributed by atoms with Crippen molar-refractivity contribution >= 4 is 43.2 Å². The Morgan fingerprint density at radius 1 is 1.17 bits per heavy atom. The number of aliphatic hydroxyl groups is 2. The highest BCUT2D eigenvalue weighted by Gasteiger charge is 2.18. The van der Waals surface area contributed by atoms with Crippen LogP contribution in [0.25, 0.3) is 0 Å². The zero-order chi connectivity index (χ0) is 21.6. The topological polar surface area (TPSA) is 111 Å². The summed E-state index contributed by atoms with van der Waals surface area (Å²) in [6.07, 6.45) is -0.722. The standard InChI is InChI=1S/C18H22BrF2N3O4S/c1-2-11-7-13(20)9-17(23-16-4-3-12(19)8-15(16)21)18(11)24-29(27,28)22-6-5-14(26)10-25/h3-4,7-9,14,22-26H,2,5-6,10H2,1H3. The molecule has 2 rings (SSSR count). The fourth-order valence-corrected chi connectivity index (χ4v) is 3.82. The van der Waals surface area contributed by atoms with E-state index in [2.05, 4.69) is 30.7 Å². The van der Waals surface area contributed by atoms with Crippen LogP contribution in [-0.4, -0.2) is 37.9 Å². The minimum atomic E-state index is -4.07. The van der Waals surface area contributed by atoms with Gasteiger partial charge in [0.25, 0.3) is 10.2 Å². The molecule has 0 spiro atoms. The third kappa shape index (κ3) is 6.89. The van der Waals surface area contributed by atoms with Crippen LogP contribution in [0.3, 0.4) is 0 Å². The molecule has 11 heteroatoms. The van der Waals surface area contributed by atoms with Gasteiger partial charge < -0.3 is 15.5 Å². The van der Waals surface area contributed by atoms with E-state index in [9.17, 15) is 22.3 Å². The number of halogens is 3. The highest BCUT2D eigenvalue weighted by molar-refractivity contribution is 9.10. The molecule has 2 aromatic carbocycles. The number of hydrogen-bond donors (Lipinski definition) is 5. The lowest BCUT2D eigenvalue weighted by Gasteiger charge is -2.19. The molecular formula is C18H22BrF2N3O4S. The molecule has 0 aromatic heterocycles. The molecule has 0 aliphatic rings. The minimum absolute atomic E-state index is 0.0106.